The summed E-state index contributed by atoms with van der Waals surface area (Å²) < 4.78 is 11.8. The lowest BCUT2D eigenvalue weighted by atomic mass is 9.95. The first-order valence-corrected chi connectivity index (χ1v) is 19.8. The molecule has 3 aromatic heterocycles. The molecule has 4 heteroatoms. The van der Waals surface area contributed by atoms with Crippen molar-refractivity contribution in [2.75, 3.05) is 4.90 Å². The molecule has 0 atom stereocenters. The van der Waals surface area contributed by atoms with Gasteiger partial charge in [0.05, 0.1) is 22.4 Å². The van der Waals surface area contributed by atoms with Crippen LogP contribution >= 0.6 is 11.3 Å². The van der Waals surface area contributed by atoms with Crippen molar-refractivity contribution in [3.63, 3.8) is 0 Å². The van der Waals surface area contributed by atoms with Gasteiger partial charge in [0.25, 0.3) is 0 Å². The zero-order valence-electron chi connectivity index (χ0n) is 30.2. The third kappa shape index (κ3) is 4.63. The summed E-state index contributed by atoms with van der Waals surface area (Å²) in [6.45, 7) is 0. The Morgan fingerprint density at radius 3 is 1.98 bits per heavy atom. The van der Waals surface area contributed by atoms with E-state index < -0.39 is 0 Å². The van der Waals surface area contributed by atoms with E-state index in [1.54, 1.807) is 0 Å². The third-order valence-corrected chi connectivity index (χ3v) is 12.5. The fraction of sp³-hybridized carbons (Fsp3) is 0. The molecule has 3 heterocycles. The van der Waals surface area contributed by atoms with Gasteiger partial charge in [0.1, 0.15) is 5.58 Å². The molecule has 0 radical (unpaired) electrons. The van der Waals surface area contributed by atoms with Crippen molar-refractivity contribution in [3.8, 4) is 16.8 Å². The van der Waals surface area contributed by atoms with E-state index in [0.29, 0.717) is 0 Å². The van der Waals surface area contributed by atoms with Crippen molar-refractivity contribution in [2.24, 2.45) is 0 Å². The number of nitrogens with zero attached hydrogens (tertiary/aromatic N) is 2. The smallest absolute Gasteiger partial charge is 0.159 e. The lowest BCUT2D eigenvalue weighted by molar-refractivity contribution is 0.669. The van der Waals surface area contributed by atoms with Crippen LogP contribution in [0.2, 0.25) is 0 Å². The van der Waals surface area contributed by atoms with Crippen LogP contribution in [0.15, 0.2) is 199 Å². The van der Waals surface area contributed by atoms with Gasteiger partial charge in [-0.3, -0.25) is 0 Å². The average Bonchev–Trinajstić information content (AvgIpc) is 3.93. The first-order chi connectivity index (χ1) is 27.8. The number of thiophene rings is 1. The second-order valence-corrected chi connectivity index (χ2v) is 15.5. The molecule has 0 N–H and O–H groups in total. The zero-order valence-corrected chi connectivity index (χ0v) is 31.0. The summed E-state index contributed by atoms with van der Waals surface area (Å²) in [7, 11) is 0. The van der Waals surface area contributed by atoms with Gasteiger partial charge in [-0.25, -0.2) is 0 Å². The van der Waals surface area contributed by atoms with Crippen LogP contribution < -0.4 is 4.90 Å². The van der Waals surface area contributed by atoms with E-state index in [2.05, 4.69) is 198 Å². The SMILES string of the molecule is c1ccc(-n2c3ccccc3c3ccc(N(c4ccc(-c5ccc6c(c5)sc5ccccc56)c5ccccc45)c4cccc5c4oc4ccccc45)cc32)cc1. The van der Waals surface area contributed by atoms with E-state index in [4.69, 9.17) is 4.42 Å². The molecule has 9 aromatic carbocycles. The predicted octanol–water partition coefficient (Wildman–Crippen LogP) is 15.3. The van der Waals surface area contributed by atoms with Crippen LogP contribution in [0.25, 0.3) is 91.5 Å². The Morgan fingerprint density at radius 1 is 0.411 bits per heavy atom. The van der Waals surface area contributed by atoms with Crippen molar-refractivity contribution in [3.05, 3.63) is 194 Å². The first kappa shape index (κ1) is 31.2. The molecule has 3 nitrogen and oxygen atoms in total. The number of hydrogen-bond acceptors (Lipinski definition) is 3. The van der Waals surface area contributed by atoms with Gasteiger partial charge in [-0.1, -0.05) is 133 Å². The number of rotatable bonds is 5. The Bertz CT molecular complexity index is 3500. The Labute approximate surface area is 326 Å². The van der Waals surface area contributed by atoms with Crippen molar-refractivity contribution >= 4 is 103 Å². The highest BCUT2D eigenvalue weighted by Gasteiger charge is 2.23. The summed E-state index contributed by atoms with van der Waals surface area (Å²) in [5.74, 6) is 0. The molecule has 0 amide bonds. The van der Waals surface area contributed by atoms with Gasteiger partial charge in [0, 0.05) is 58.5 Å². The van der Waals surface area contributed by atoms with E-state index in [0.717, 1.165) is 50.2 Å². The molecule has 262 valence electrons. The van der Waals surface area contributed by atoms with Crippen LogP contribution in [-0.4, -0.2) is 4.57 Å². The lowest BCUT2D eigenvalue weighted by Gasteiger charge is -2.28. The average molecular weight is 733 g/mol. The van der Waals surface area contributed by atoms with E-state index in [9.17, 15) is 0 Å². The second-order valence-electron chi connectivity index (χ2n) is 14.5. The van der Waals surface area contributed by atoms with Crippen LogP contribution in [0, 0.1) is 0 Å². The largest absolute Gasteiger partial charge is 0.454 e. The maximum atomic E-state index is 6.76. The maximum Gasteiger partial charge on any atom is 0.159 e. The summed E-state index contributed by atoms with van der Waals surface area (Å²) in [5.41, 5.74) is 10.8. The van der Waals surface area contributed by atoms with Gasteiger partial charge in [0.15, 0.2) is 5.58 Å². The molecule has 0 unspecified atom stereocenters. The minimum absolute atomic E-state index is 0.862. The fourth-order valence-electron chi connectivity index (χ4n) is 8.89. The Morgan fingerprint density at radius 2 is 1.09 bits per heavy atom. The molecule has 0 aliphatic heterocycles. The number of anilines is 3. The topological polar surface area (TPSA) is 21.3 Å². The molecule has 0 aliphatic carbocycles. The van der Waals surface area contributed by atoms with Crippen molar-refractivity contribution in [1.29, 1.82) is 0 Å². The van der Waals surface area contributed by atoms with Crippen molar-refractivity contribution in [1.82, 2.24) is 4.57 Å². The molecule has 0 spiro atoms. The standard InChI is InChI=1S/C52H32N2OS/c1-2-13-34(14-3-1)53-45-21-9-6-17-39(45)40-28-26-35(32-48(40)53)54(47-22-12-20-44-41-18-7-10-23-49(41)55-52(44)47)46-30-29-36(37-15-4-5-16-38(37)46)33-25-27-43-42-19-8-11-24-50(42)56-51(43)31-33/h1-32H. The normalized spacial score (nSPS) is 11.9. The second kappa shape index (κ2) is 12.2. The number of hydrogen-bond donors (Lipinski definition) is 0. The van der Waals surface area contributed by atoms with Gasteiger partial charge in [0.2, 0.25) is 0 Å². The van der Waals surface area contributed by atoms with Gasteiger partial charge in [-0.15, -0.1) is 11.3 Å². The zero-order chi connectivity index (χ0) is 36.7. The number of benzene rings is 9. The van der Waals surface area contributed by atoms with Gasteiger partial charge in [-0.2, -0.15) is 0 Å². The van der Waals surface area contributed by atoms with Gasteiger partial charge in [-0.05, 0) is 77.2 Å². The predicted molar refractivity (Wildman–Crippen MR) is 239 cm³/mol. The number of para-hydroxylation sites is 4. The summed E-state index contributed by atoms with van der Waals surface area (Å²) in [6.07, 6.45) is 0. The monoisotopic (exact) mass is 732 g/mol. The molecule has 0 fully saturated rings. The van der Waals surface area contributed by atoms with Crippen LogP contribution in [-0.2, 0) is 0 Å². The van der Waals surface area contributed by atoms with Crippen molar-refractivity contribution < 1.29 is 4.42 Å². The van der Waals surface area contributed by atoms with Crippen LogP contribution in [0.1, 0.15) is 0 Å². The quantitative estimate of drug-likeness (QED) is 0.176. The summed E-state index contributed by atoms with van der Waals surface area (Å²) >= 11 is 1.86. The fourth-order valence-corrected chi connectivity index (χ4v) is 10.0. The van der Waals surface area contributed by atoms with Crippen LogP contribution in [0.5, 0.6) is 0 Å². The summed E-state index contributed by atoms with van der Waals surface area (Å²) in [6, 6.07) is 70.2. The Kier molecular flexibility index (Phi) is 6.80. The highest BCUT2D eigenvalue weighted by atomic mass is 32.1. The molecule has 0 saturated carbocycles. The highest BCUT2D eigenvalue weighted by molar-refractivity contribution is 7.25. The minimum Gasteiger partial charge on any atom is -0.454 e. The maximum absolute atomic E-state index is 6.76. The number of aromatic nitrogens is 1. The van der Waals surface area contributed by atoms with Gasteiger partial charge >= 0.3 is 0 Å². The highest BCUT2D eigenvalue weighted by Crippen LogP contribution is 2.47. The Hall–Kier alpha value is -7.14. The first-order valence-electron chi connectivity index (χ1n) is 19.0. The minimum atomic E-state index is 0.862. The van der Waals surface area contributed by atoms with Crippen molar-refractivity contribution in [2.45, 2.75) is 0 Å². The number of fused-ring (bicyclic) bond motifs is 10. The molecular weight excluding hydrogens is 701 g/mol. The van der Waals surface area contributed by atoms with Gasteiger partial charge < -0.3 is 13.9 Å². The summed E-state index contributed by atoms with van der Waals surface area (Å²) in [5, 5.41) is 9.65. The van der Waals surface area contributed by atoms with E-state index >= 15 is 0 Å². The Balaban J connectivity index is 1.13. The summed E-state index contributed by atoms with van der Waals surface area (Å²) in [4.78, 5) is 2.40. The van der Waals surface area contributed by atoms with Crippen LogP contribution in [0.4, 0.5) is 17.1 Å². The van der Waals surface area contributed by atoms with E-state index in [1.807, 2.05) is 17.4 Å². The van der Waals surface area contributed by atoms with E-state index in [1.165, 1.54) is 58.4 Å². The molecule has 0 aliphatic rings. The molecular formula is C52H32N2OS. The molecule has 12 rings (SSSR count). The third-order valence-electron chi connectivity index (χ3n) is 11.4. The van der Waals surface area contributed by atoms with E-state index in [-0.39, 0.29) is 0 Å². The molecule has 0 saturated heterocycles. The lowest BCUT2D eigenvalue weighted by Crippen LogP contribution is -2.11. The molecule has 56 heavy (non-hydrogen) atoms. The number of furan rings is 1. The molecule has 12 aromatic rings. The molecule has 0 bridgehead atoms. The van der Waals surface area contributed by atoms with Crippen LogP contribution in [0.3, 0.4) is 0 Å².